The molecular weight excluding hydrogens is 192 g/mol. The van der Waals surface area contributed by atoms with Crippen molar-refractivity contribution in [1.82, 2.24) is 0 Å². The lowest BCUT2D eigenvalue weighted by Gasteiger charge is -2.16. The van der Waals surface area contributed by atoms with Crippen molar-refractivity contribution in [3.05, 3.63) is 29.8 Å². The zero-order chi connectivity index (χ0) is 10.8. The molecule has 0 spiro atoms. The van der Waals surface area contributed by atoms with Crippen LogP contribution in [0.3, 0.4) is 0 Å². The number of benzene rings is 1. The minimum absolute atomic E-state index is 0.0479. The highest BCUT2D eigenvalue weighted by atomic mass is 16.5. The molecule has 1 aliphatic heterocycles. The SMILES string of the molecule is COCCN1C(=O)[C@@H](N)c2ccccc21. The number of hydrogen-bond donors (Lipinski definition) is 1. The van der Waals surface area contributed by atoms with E-state index >= 15 is 0 Å². The summed E-state index contributed by atoms with van der Waals surface area (Å²) in [6.45, 7) is 1.08. The van der Waals surface area contributed by atoms with Gasteiger partial charge in [-0.2, -0.15) is 0 Å². The molecule has 15 heavy (non-hydrogen) atoms. The molecule has 0 saturated heterocycles. The third-order valence-corrected chi connectivity index (χ3v) is 2.61. The van der Waals surface area contributed by atoms with E-state index in [0.29, 0.717) is 13.2 Å². The largest absolute Gasteiger partial charge is 0.383 e. The quantitative estimate of drug-likeness (QED) is 0.791. The van der Waals surface area contributed by atoms with Crippen molar-refractivity contribution in [3.8, 4) is 0 Å². The van der Waals surface area contributed by atoms with Gasteiger partial charge in [-0.15, -0.1) is 0 Å². The van der Waals surface area contributed by atoms with Crippen molar-refractivity contribution in [1.29, 1.82) is 0 Å². The van der Waals surface area contributed by atoms with Gasteiger partial charge < -0.3 is 15.4 Å². The monoisotopic (exact) mass is 206 g/mol. The summed E-state index contributed by atoms with van der Waals surface area (Å²) in [5.74, 6) is -0.0479. The van der Waals surface area contributed by atoms with Gasteiger partial charge in [-0.25, -0.2) is 0 Å². The van der Waals surface area contributed by atoms with Crippen LogP contribution >= 0.6 is 0 Å². The fraction of sp³-hybridized carbons (Fsp3) is 0.364. The van der Waals surface area contributed by atoms with E-state index in [-0.39, 0.29) is 5.91 Å². The zero-order valence-corrected chi connectivity index (χ0v) is 8.64. The van der Waals surface area contributed by atoms with Crippen molar-refractivity contribution in [2.45, 2.75) is 6.04 Å². The van der Waals surface area contributed by atoms with Crippen molar-refractivity contribution in [2.75, 3.05) is 25.2 Å². The van der Waals surface area contributed by atoms with E-state index in [0.717, 1.165) is 11.3 Å². The van der Waals surface area contributed by atoms with Crippen molar-refractivity contribution < 1.29 is 9.53 Å². The number of carbonyl (C=O) groups excluding carboxylic acids is 1. The standard InChI is InChI=1S/C11H14N2O2/c1-15-7-6-13-9-5-3-2-4-8(9)10(12)11(13)14/h2-5,10H,6-7,12H2,1H3/t10-/m0/s1. The maximum Gasteiger partial charge on any atom is 0.248 e. The van der Waals surface area contributed by atoms with Gasteiger partial charge in [0.05, 0.1) is 6.61 Å². The Morgan fingerprint density at radius 2 is 2.20 bits per heavy atom. The molecule has 1 amide bonds. The molecule has 0 aliphatic carbocycles. The molecule has 1 aromatic rings. The molecule has 2 rings (SSSR count). The first-order chi connectivity index (χ1) is 7.25. The number of rotatable bonds is 3. The number of carbonyl (C=O) groups is 1. The molecule has 0 radical (unpaired) electrons. The van der Waals surface area contributed by atoms with E-state index in [9.17, 15) is 4.79 Å². The van der Waals surface area contributed by atoms with Gasteiger partial charge >= 0.3 is 0 Å². The van der Waals surface area contributed by atoms with Gasteiger partial charge in [-0.05, 0) is 6.07 Å². The lowest BCUT2D eigenvalue weighted by Crippen LogP contribution is -2.34. The van der Waals surface area contributed by atoms with Crippen molar-refractivity contribution >= 4 is 11.6 Å². The highest BCUT2D eigenvalue weighted by molar-refractivity contribution is 6.04. The second-order valence-electron chi connectivity index (χ2n) is 3.52. The van der Waals surface area contributed by atoms with Gasteiger partial charge in [-0.1, -0.05) is 18.2 Å². The van der Waals surface area contributed by atoms with Crippen LogP contribution in [0.5, 0.6) is 0 Å². The first kappa shape index (κ1) is 10.1. The molecule has 1 heterocycles. The number of ether oxygens (including phenoxy) is 1. The van der Waals surface area contributed by atoms with E-state index in [1.807, 2.05) is 24.3 Å². The summed E-state index contributed by atoms with van der Waals surface area (Å²) in [4.78, 5) is 13.5. The molecule has 0 fully saturated rings. The van der Waals surface area contributed by atoms with Gasteiger partial charge in [0.1, 0.15) is 6.04 Å². The Hall–Kier alpha value is -1.39. The topological polar surface area (TPSA) is 55.6 Å². The third kappa shape index (κ3) is 1.62. The molecule has 4 nitrogen and oxygen atoms in total. The predicted octanol–water partition coefficient (Wildman–Crippen LogP) is 0.679. The predicted molar refractivity (Wildman–Crippen MR) is 57.6 cm³/mol. The molecule has 0 unspecified atom stereocenters. The Morgan fingerprint density at radius 1 is 1.47 bits per heavy atom. The fourth-order valence-electron chi connectivity index (χ4n) is 1.83. The molecule has 0 bridgehead atoms. The van der Waals surface area contributed by atoms with Crippen LogP contribution in [0.4, 0.5) is 5.69 Å². The van der Waals surface area contributed by atoms with Crippen molar-refractivity contribution in [2.24, 2.45) is 5.73 Å². The number of fused-ring (bicyclic) bond motifs is 1. The molecule has 1 aliphatic rings. The molecular formula is C11H14N2O2. The number of anilines is 1. The summed E-state index contributed by atoms with van der Waals surface area (Å²) in [5, 5.41) is 0. The molecule has 2 N–H and O–H groups in total. The maximum absolute atomic E-state index is 11.8. The summed E-state index contributed by atoms with van der Waals surface area (Å²) >= 11 is 0. The molecule has 80 valence electrons. The second kappa shape index (κ2) is 4.00. The van der Waals surface area contributed by atoms with Gasteiger partial charge in [0.15, 0.2) is 0 Å². The number of nitrogens with two attached hydrogens (primary N) is 1. The smallest absolute Gasteiger partial charge is 0.248 e. The minimum atomic E-state index is -0.516. The number of hydrogen-bond acceptors (Lipinski definition) is 3. The lowest BCUT2D eigenvalue weighted by molar-refractivity contribution is -0.119. The third-order valence-electron chi connectivity index (χ3n) is 2.61. The van der Waals surface area contributed by atoms with E-state index in [2.05, 4.69) is 0 Å². The van der Waals surface area contributed by atoms with Gasteiger partial charge in [0.25, 0.3) is 0 Å². The van der Waals surface area contributed by atoms with Gasteiger partial charge in [-0.3, -0.25) is 4.79 Å². The van der Waals surface area contributed by atoms with Gasteiger partial charge in [0.2, 0.25) is 5.91 Å². The number of amides is 1. The van der Waals surface area contributed by atoms with Crippen LogP contribution < -0.4 is 10.6 Å². The summed E-state index contributed by atoms with van der Waals surface area (Å²) in [5.41, 5.74) is 7.63. The van der Waals surface area contributed by atoms with Crippen LogP contribution in [0.15, 0.2) is 24.3 Å². The highest BCUT2D eigenvalue weighted by Crippen LogP contribution is 2.33. The Balaban J connectivity index is 2.30. The molecule has 1 aromatic carbocycles. The molecule has 0 aromatic heterocycles. The number of nitrogens with zero attached hydrogens (tertiary/aromatic N) is 1. The highest BCUT2D eigenvalue weighted by Gasteiger charge is 2.33. The summed E-state index contributed by atoms with van der Waals surface area (Å²) < 4.78 is 4.97. The van der Waals surface area contributed by atoms with Crippen LogP contribution in [0.2, 0.25) is 0 Å². The van der Waals surface area contributed by atoms with Crippen LogP contribution in [-0.2, 0) is 9.53 Å². The van der Waals surface area contributed by atoms with Crippen LogP contribution in [-0.4, -0.2) is 26.2 Å². The van der Waals surface area contributed by atoms with Crippen molar-refractivity contribution in [3.63, 3.8) is 0 Å². The lowest BCUT2D eigenvalue weighted by atomic mass is 10.1. The van der Waals surface area contributed by atoms with E-state index in [4.69, 9.17) is 10.5 Å². The van der Waals surface area contributed by atoms with E-state index in [1.165, 1.54) is 0 Å². The first-order valence-corrected chi connectivity index (χ1v) is 4.90. The Labute approximate surface area is 88.6 Å². The fourth-order valence-corrected chi connectivity index (χ4v) is 1.83. The molecule has 0 saturated carbocycles. The molecule has 1 atom stereocenters. The van der Waals surface area contributed by atoms with E-state index in [1.54, 1.807) is 12.0 Å². The Bertz CT molecular complexity index is 379. The van der Waals surface area contributed by atoms with E-state index < -0.39 is 6.04 Å². The zero-order valence-electron chi connectivity index (χ0n) is 8.64. The molecule has 4 heteroatoms. The first-order valence-electron chi connectivity index (χ1n) is 4.90. The number of para-hydroxylation sites is 1. The maximum atomic E-state index is 11.8. The minimum Gasteiger partial charge on any atom is -0.383 e. The second-order valence-corrected chi connectivity index (χ2v) is 3.52. The normalized spacial score (nSPS) is 19.5. The Morgan fingerprint density at radius 3 is 2.93 bits per heavy atom. The summed E-state index contributed by atoms with van der Waals surface area (Å²) in [7, 11) is 1.62. The van der Waals surface area contributed by atoms with Crippen LogP contribution in [0.1, 0.15) is 11.6 Å². The number of methoxy groups -OCH3 is 1. The summed E-state index contributed by atoms with van der Waals surface area (Å²) in [6.07, 6.45) is 0. The average molecular weight is 206 g/mol. The Kier molecular flexibility index (Phi) is 2.70. The van der Waals surface area contributed by atoms with Crippen LogP contribution in [0, 0.1) is 0 Å². The van der Waals surface area contributed by atoms with Crippen LogP contribution in [0.25, 0.3) is 0 Å². The van der Waals surface area contributed by atoms with Gasteiger partial charge in [0, 0.05) is 24.9 Å². The summed E-state index contributed by atoms with van der Waals surface area (Å²) in [6, 6.07) is 7.09. The average Bonchev–Trinajstić information content (AvgIpc) is 2.51.